The molecule has 0 bridgehead atoms. The lowest BCUT2D eigenvalue weighted by molar-refractivity contribution is 0.572. The van der Waals surface area contributed by atoms with Crippen molar-refractivity contribution in [1.82, 2.24) is 0 Å². The minimum atomic E-state index is 0.411. The zero-order valence-electron chi connectivity index (χ0n) is 12.5. The van der Waals surface area contributed by atoms with Gasteiger partial charge in [-0.15, -0.1) is 0 Å². The Labute approximate surface area is 131 Å². The maximum absolute atomic E-state index is 3.85. The van der Waals surface area contributed by atoms with Crippen LogP contribution >= 0.6 is 15.9 Å². The van der Waals surface area contributed by atoms with Gasteiger partial charge in [-0.25, -0.2) is 0 Å². The fourth-order valence-electron chi connectivity index (χ4n) is 2.48. The lowest BCUT2D eigenvalue weighted by Gasteiger charge is -2.19. The molecule has 2 atom stereocenters. The van der Waals surface area contributed by atoms with Gasteiger partial charge in [-0.2, -0.15) is 0 Å². The number of halogens is 1. The minimum absolute atomic E-state index is 0.411. The van der Waals surface area contributed by atoms with Gasteiger partial charge in [-0.05, 0) is 34.9 Å². The smallest absolute Gasteiger partial charge is 0.0424 e. The van der Waals surface area contributed by atoms with Crippen molar-refractivity contribution in [3.8, 4) is 0 Å². The number of hydrogen-bond acceptors (Lipinski definition) is 0. The summed E-state index contributed by atoms with van der Waals surface area (Å²) in [6, 6.07) is 19.7. The summed E-state index contributed by atoms with van der Waals surface area (Å²) in [5, 5.41) is 0. The fraction of sp³-hybridized carbons (Fsp3) is 0.368. The molecule has 0 fully saturated rings. The molecule has 0 aliphatic rings. The van der Waals surface area contributed by atoms with Crippen LogP contribution < -0.4 is 0 Å². The first-order chi connectivity index (χ1) is 9.58. The molecular weight excluding hydrogens is 308 g/mol. The lowest BCUT2D eigenvalue weighted by atomic mass is 9.93. The number of hydrogen-bond donors (Lipinski definition) is 0. The Hall–Kier alpha value is -1.08. The average molecular weight is 331 g/mol. The Balaban J connectivity index is 2.02. The predicted octanol–water partition coefficient (Wildman–Crippen LogP) is 6.12. The van der Waals surface area contributed by atoms with E-state index in [0.717, 1.165) is 6.42 Å². The van der Waals surface area contributed by atoms with Gasteiger partial charge in [0.15, 0.2) is 0 Å². The van der Waals surface area contributed by atoms with Crippen molar-refractivity contribution >= 4 is 15.9 Å². The van der Waals surface area contributed by atoms with E-state index in [-0.39, 0.29) is 0 Å². The van der Waals surface area contributed by atoms with E-state index in [4.69, 9.17) is 0 Å². The van der Waals surface area contributed by atoms with Crippen molar-refractivity contribution in [2.45, 2.75) is 37.9 Å². The second-order valence-corrected chi connectivity index (χ2v) is 6.88. The highest BCUT2D eigenvalue weighted by atomic mass is 79.9. The van der Waals surface area contributed by atoms with Crippen LogP contribution in [0.2, 0.25) is 0 Å². The van der Waals surface area contributed by atoms with E-state index in [0.29, 0.717) is 16.7 Å². The first kappa shape index (κ1) is 15.3. The third kappa shape index (κ3) is 3.96. The van der Waals surface area contributed by atoms with Crippen LogP contribution in [0.15, 0.2) is 54.6 Å². The third-order valence-electron chi connectivity index (χ3n) is 3.82. The average Bonchev–Trinajstić information content (AvgIpc) is 2.48. The van der Waals surface area contributed by atoms with E-state index in [1.54, 1.807) is 0 Å². The van der Waals surface area contributed by atoms with Gasteiger partial charge < -0.3 is 0 Å². The van der Waals surface area contributed by atoms with Crippen LogP contribution in [0.25, 0.3) is 0 Å². The van der Waals surface area contributed by atoms with Crippen LogP contribution in [0.5, 0.6) is 0 Å². The van der Waals surface area contributed by atoms with Gasteiger partial charge in [0.2, 0.25) is 0 Å². The third-order valence-corrected chi connectivity index (χ3v) is 5.25. The second kappa shape index (κ2) is 7.08. The maximum Gasteiger partial charge on any atom is 0.0424 e. The van der Waals surface area contributed by atoms with Gasteiger partial charge in [0, 0.05) is 4.83 Å². The molecule has 0 radical (unpaired) electrons. The molecule has 0 spiro atoms. The maximum atomic E-state index is 3.85. The SMILES string of the molecule is CC(C)c1ccc(CC(C)C(Br)c2ccccc2)cc1. The zero-order chi connectivity index (χ0) is 14.5. The van der Waals surface area contributed by atoms with Crippen LogP contribution in [0.1, 0.15) is 48.2 Å². The van der Waals surface area contributed by atoms with Crippen LogP contribution in [0, 0.1) is 5.92 Å². The lowest BCUT2D eigenvalue weighted by Crippen LogP contribution is -2.07. The molecule has 0 aliphatic carbocycles. The van der Waals surface area contributed by atoms with Crippen LogP contribution in [-0.4, -0.2) is 0 Å². The largest absolute Gasteiger partial charge is 0.0836 e. The molecule has 0 N–H and O–H groups in total. The molecule has 0 aromatic heterocycles. The Morgan fingerprint density at radius 1 is 0.800 bits per heavy atom. The molecule has 0 saturated carbocycles. The van der Waals surface area contributed by atoms with Crippen molar-refractivity contribution in [1.29, 1.82) is 0 Å². The number of benzene rings is 2. The second-order valence-electron chi connectivity index (χ2n) is 5.89. The Morgan fingerprint density at radius 2 is 1.40 bits per heavy atom. The minimum Gasteiger partial charge on any atom is -0.0836 e. The molecule has 1 heteroatoms. The summed E-state index contributed by atoms with van der Waals surface area (Å²) >= 11 is 3.85. The number of alkyl halides is 1. The summed E-state index contributed by atoms with van der Waals surface area (Å²) in [7, 11) is 0. The zero-order valence-corrected chi connectivity index (χ0v) is 14.1. The predicted molar refractivity (Wildman–Crippen MR) is 91.5 cm³/mol. The number of rotatable bonds is 5. The highest BCUT2D eigenvalue weighted by Gasteiger charge is 2.16. The highest BCUT2D eigenvalue weighted by Crippen LogP contribution is 2.33. The van der Waals surface area contributed by atoms with Crippen molar-refractivity contribution in [2.75, 3.05) is 0 Å². The van der Waals surface area contributed by atoms with Gasteiger partial charge in [-0.1, -0.05) is 91.3 Å². The first-order valence-electron chi connectivity index (χ1n) is 7.35. The molecule has 20 heavy (non-hydrogen) atoms. The summed E-state index contributed by atoms with van der Waals surface area (Å²) in [6.45, 7) is 6.78. The van der Waals surface area contributed by atoms with Crippen LogP contribution in [-0.2, 0) is 6.42 Å². The van der Waals surface area contributed by atoms with E-state index in [1.165, 1.54) is 16.7 Å². The van der Waals surface area contributed by atoms with Crippen molar-refractivity contribution in [3.63, 3.8) is 0 Å². The van der Waals surface area contributed by atoms with E-state index >= 15 is 0 Å². The summed E-state index contributed by atoms with van der Waals surface area (Å²) in [5.41, 5.74) is 4.20. The Morgan fingerprint density at radius 3 is 1.95 bits per heavy atom. The molecule has 2 rings (SSSR count). The van der Waals surface area contributed by atoms with Crippen LogP contribution in [0.4, 0.5) is 0 Å². The first-order valence-corrected chi connectivity index (χ1v) is 8.27. The van der Waals surface area contributed by atoms with Gasteiger partial charge in [0.25, 0.3) is 0 Å². The monoisotopic (exact) mass is 330 g/mol. The Kier molecular flexibility index (Phi) is 5.42. The van der Waals surface area contributed by atoms with E-state index in [1.807, 2.05) is 0 Å². The van der Waals surface area contributed by atoms with Crippen molar-refractivity contribution < 1.29 is 0 Å². The summed E-state index contributed by atoms with van der Waals surface area (Å²) in [4.78, 5) is 0.411. The molecule has 0 heterocycles. The normalized spacial score (nSPS) is 14.2. The Bertz CT molecular complexity index is 513. The summed E-state index contributed by atoms with van der Waals surface area (Å²) in [6.07, 6.45) is 1.10. The molecule has 0 nitrogen and oxygen atoms in total. The summed E-state index contributed by atoms with van der Waals surface area (Å²) < 4.78 is 0. The molecule has 0 saturated heterocycles. The van der Waals surface area contributed by atoms with E-state index < -0.39 is 0 Å². The van der Waals surface area contributed by atoms with Crippen molar-refractivity contribution in [2.24, 2.45) is 5.92 Å². The topological polar surface area (TPSA) is 0 Å². The van der Waals surface area contributed by atoms with Gasteiger partial charge in [-0.3, -0.25) is 0 Å². The van der Waals surface area contributed by atoms with E-state index in [9.17, 15) is 0 Å². The molecule has 106 valence electrons. The van der Waals surface area contributed by atoms with Gasteiger partial charge in [0.05, 0.1) is 0 Å². The van der Waals surface area contributed by atoms with E-state index in [2.05, 4.69) is 91.3 Å². The molecular formula is C19H23Br. The fourth-order valence-corrected chi connectivity index (χ4v) is 2.97. The molecule has 0 amide bonds. The highest BCUT2D eigenvalue weighted by molar-refractivity contribution is 9.09. The van der Waals surface area contributed by atoms with Gasteiger partial charge >= 0.3 is 0 Å². The van der Waals surface area contributed by atoms with Crippen molar-refractivity contribution in [3.05, 3.63) is 71.3 Å². The van der Waals surface area contributed by atoms with Crippen LogP contribution in [0.3, 0.4) is 0 Å². The molecule has 2 aromatic carbocycles. The summed E-state index contributed by atoms with van der Waals surface area (Å²) in [5.74, 6) is 1.18. The standard InChI is InChI=1S/C19H23Br/c1-14(2)17-11-9-16(10-12-17)13-15(3)19(20)18-7-5-4-6-8-18/h4-12,14-15,19H,13H2,1-3H3. The molecule has 0 aliphatic heterocycles. The quantitative estimate of drug-likeness (QED) is 0.579. The van der Waals surface area contributed by atoms with Gasteiger partial charge in [0.1, 0.15) is 0 Å². The molecule has 2 unspecified atom stereocenters. The molecule has 2 aromatic rings.